The van der Waals surface area contributed by atoms with Crippen LogP contribution in [0.5, 0.6) is 5.75 Å². The summed E-state index contributed by atoms with van der Waals surface area (Å²) in [4.78, 5) is 25.5. The maximum atomic E-state index is 12.2. The molecule has 2 aromatic rings. The van der Waals surface area contributed by atoms with Gasteiger partial charge in [0.25, 0.3) is 5.56 Å². The number of nitrogens with zero attached hydrogens (tertiary/aromatic N) is 2. The van der Waals surface area contributed by atoms with Gasteiger partial charge in [-0.1, -0.05) is 0 Å². The highest BCUT2D eigenvalue weighted by atomic mass is 16.3. The summed E-state index contributed by atoms with van der Waals surface area (Å²) in [6, 6.07) is 8.23. The van der Waals surface area contributed by atoms with Crippen LogP contribution in [0, 0.1) is 13.8 Å². The Balaban J connectivity index is 2.19. The number of pyridine rings is 1. The average Bonchev–Trinajstić information content (AvgIpc) is 2.44. The molecule has 0 atom stereocenters. The van der Waals surface area contributed by atoms with Crippen LogP contribution in [0.25, 0.3) is 0 Å². The van der Waals surface area contributed by atoms with E-state index in [-0.39, 0.29) is 23.8 Å². The van der Waals surface area contributed by atoms with Gasteiger partial charge in [-0.3, -0.25) is 9.59 Å². The molecule has 5 nitrogen and oxygen atoms in total. The number of anilines is 1. The Morgan fingerprint density at radius 1 is 1.24 bits per heavy atom. The minimum atomic E-state index is -0.203. The van der Waals surface area contributed by atoms with E-state index in [2.05, 4.69) is 0 Å². The van der Waals surface area contributed by atoms with Crippen LogP contribution >= 0.6 is 0 Å². The quantitative estimate of drug-likeness (QED) is 0.936. The molecule has 0 saturated heterocycles. The summed E-state index contributed by atoms with van der Waals surface area (Å²) >= 11 is 0. The lowest BCUT2D eigenvalue weighted by Gasteiger charge is -2.18. The number of rotatable bonds is 3. The van der Waals surface area contributed by atoms with E-state index in [0.717, 1.165) is 5.56 Å². The van der Waals surface area contributed by atoms with E-state index in [9.17, 15) is 14.7 Å². The number of phenolic OH excluding ortho intramolecular Hbond substituents is 1. The normalized spacial score (nSPS) is 10.4. The summed E-state index contributed by atoms with van der Waals surface area (Å²) in [5, 5.41) is 9.51. The number of benzene rings is 1. The van der Waals surface area contributed by atoms with Gasteiger partial charge in [-0.25, -0.2) is 0 Å². The van der Waals surface area contributed by atoms with Crippen LogP contribution in [-0.2, 0) is 11.3 Å². The highest BCUT2D eigenvalue weighted by Crippen LogP contribution is 2.22. The zero-order valence-electron chi connectivity index (χ0n) is 12.3. The number of carbonyl (C=O) groups excluding carboxylic acids is 1. The third-order valence-corrected chi connectivity index (χ3v) is 3.40. The Kier molecular flexibility index (Phi) is 4.12. The van der Waals surface area contributed by atoms with Gasteiger partial charge in [-0.2, -0.15) is 0 Å². The molecule has 0 aliphatic carbocycles. The van der Waals surface area contributed by atoms with Crippen LogP contribution in [0.15, 0.2) is 41.3 Å². The Morgan fingerprint density at radius 2 is 1.95 bits per heavy atom. The zero-order valence-corrected chi connectivity index (χ0v) is 12.3. The minimum Gasteiger partial charge on any atom is -0.508 e. The lowest BCUT2D eigenvalue weighted by Crippen LogP contribution is -2.33. The number of phenols is 1. The summed E-state index contributed by atoms with van der Waals surface area (Å²) in [6.45, 7) is 3.58. The molecule has 0 unspecified atom stereocenters. The van der Waals surface area contributed by atoms with Gasteiger partial charge in [-0.05, 0) is 49.2 Å². The molecule has 5 heteroatoms. The fraction of sp³-hybridized carbons (Fsp3) is 0.250. The van der Waals surface area contributed by atoms with E-state index in [1.807, 2.05) is 6.92 Å². The molecule has 2 rings (SSSR count). The Morgan fingerprint density at radius 3 is 2.57 bits per heavy atom. The van der Waals surface area contributed by atoms with Crippen LogP contribution in [-0.4, -0.2) is 22.6 Å². The van der Waals surface area contributed by atoms with Crippen LogP contribution < -0.4 is 10.5 Å². The smallest absolute Gasteiger partial charge is 0.251 e. The van der Waals surface area contributed by atoms with Gasteiger partial charge in [0.1, 0.15) is 12.3 Å². The second-order valence-electron chi connectivity index (χ2n) is 5.09. The van der Waals surface area contributed by atoms with Crippen molar-refractivity contribution >= 4 is 11.6 Å². The first-order valence-electron chi connectivity index (χ1n) is 6.62. The van der Waals surface area contributed by atoms with Gasteiger partial charge in [0, 0.05) is 25.0 Å². The summed E-state index contributed by atoms with van der Waals surface area (Å²) in [5.41, 5.74) is 2.04. The molecule has 110 valence electrons. The molecule has 0 aliphatic heterocycles. The molecule has 1 amide bonds. The van der Waals surface area contributed by atoms with Gasteiger partial charge in [0.15, 0.2) is 0 Å². The lowest BCUT2D eigenvalue weighted by atomic mass is 10.2. The fourth-order valence-corrected chi connectivity index (χ4v) is 1.98. The average molecular weight is 286 g/mol. The van der Waals surface area contributed by atoms with E-state index in [1.165, 1.54) is 15.5 Å². The van der Waals surface area contributed by atoms with E-state index >= 15 is 0 Å². The molecular weight excluding hydrogens is 268 g/mol. The summed E-state index contributed by atoms with van der Waals surface area (Å²) in [7, 11) is 1.65. The predicted molar refractivity (Wildman–Crippen MR) is 81.7 cm³/mol. The molecule has 1 aromatic carbocycles. The van der Waals surface area contributed by atoms with Crippen LogP contribution in [0.2, 0.25) is 0 Å². The topological polar surface area (TPSA) is 62.5 Å². The number of aromatic hydroxyl groups is 1. The van der Waals surface area contributed by atoms with E-state index in [0.29, 0.717) is 11.3 Å². The molecule has 0 aliphatic rings. The number of aromatic nitrogens is 1. The molecule has 0 saturated carbocycles. The molecule has 0 bridgehead atoms. The fourth-order valence-electron chi connectivity index (χ4n) is 1.98. The monoisotopic (exact) mass is 286 g/mol. The van der Waals surface area contributed by atoms with Crippen LogP contribution in [0.3, 0.4) is 0 Å². The van der Waals surface area contributed by atoms with Gasteiger partial charge < -0.3 is 14.6 Å². The second-order valence-corrected chi connectivity index (χ2v) is 5.09. The molecule has 1 aromatic heterocycles. The molecule has 1 N–H and O–H groups in total. The summed E-state index contributed by atoms with van der Waals surface area (Å²) in [5.74, 6) is -0.0135. The van der Waals surface area contributed by atoms with Crippen molar-refractivity contribution in [2.24, 2.45) is 0 Å². The minimum absolute atomic E-state index is 0.0183. The Hall–Kier alpha value is -2.56. The first-order valence-corrected chi connectivity index (χ1v) is 6.62. The molecule has 0 radical (unpaired) electrons. The van der Waals surface area contributed by atoms with Crippen molar-refractivity contribution in [2.75, 3.05) is 11.9 Å². The van der Waals surface area contributed by atoms with Gasteiger partial charge in [0.2, 0.25) is 5.91 Å². The van der Waals surface area contributed by atoms with Crippen molar-refractivity contribution in [1.82, 2.24) is 4.57 Å². The number of carbonyl (C=O) groups is 1. The standard InChI is InChI=1S/C16H18N2O3/c1-11-6-7-18(15(20)8-11)10-16(21)17(3)13-4-5-14(19)12(2)9-13/h4-9,19H,10H2,1-3H3. The number of amides is 1. The lowest BCUT2D eigenvalue weighted by molar-refractivity contribution is -0.118. The van der Waals surface area contributed by atoms with E-state index in [4.69, 9.17) is 0 Å². The number of hydrogen-bond acceptors (Lipinski definition) is 3. The maximum Gasteiger partial charge on any atom is 0.251 e. The SMILES string of the molecule is Cc1ccn(CC(=O)N(C)c2ccc(O)c(C)c2)c(=O)c1. The van der Waals surface area contributed by atoms with Gasteiger partial charge in [0.05, 0.1) is 0 Å². The number of likely N-dealkylation sites (N-methyl/N-ethyl adjacent to an activating group) is 1. The second kappa shape index (κ2) is 5.83. The van der Waals surface area contributed by atoms with Crippen molar-refractivity contribution in [2.45, 2.75) is 20.4 Å². The zero-order chi connectivity index (χ0) is 15.6. The molecule has 1 heterocycles. The summed E-state index contributed by atoms with van der Waals surface area (Å²) in [6.07, 6.45) is 1.62. The third kappa shape index (κ3) is 3.31. The molecule has 21 heavy (non-hydrogen) atoms. The van der Waals surface area contributed by atoms with Crippen LogP contribution in [0.4, 0.5) is 5.69 Å². The van der Waals surface area contributed by atoms with Crippen molar-refractivity contribution in [1.29, 1.82) is 0 Å². The highest BCUT2D eigenvalue weighted by molar-refractivity contribution is 5.92. The highest BCUT2D eigenvalue weighted by Gasteiger charge is 2.13. The molecule has 0 fully saturated rings. The van der Waals surface area contributed by atoms with Crippen molar-refractivity contribution in [3.05, 3.63) is 58.0 Å². The number of hydrogen-bond donors (Lipinski definition) is 1. The van der Waals surface area contributed by atoms with Gasteiger partial charge in [-0.15, -0.1) is 0 Å². The van der Waals surface area contributed by atoms with Crippen molar-refractivity contribution < 1.29 is 9.90 Å². The summed E-state index contributed by atoms with van der Waals surface area (Å²) < 4.78 is 1.37. The van der Waals surface area contributed by atoms with Gasteiger partial charge >= 0.3 is 0 Å². The van der Waals surface area contributed by atoms with E-state index < -0.39 is 0 Å². The van der Waals surface area contributed by atoms with Crippen molar-refractivity contribution in [3.63, 3.8) is 0 Å². The van der Waals surface area contributed by atoms with E-state index in [1.54, 1.807) is 44.4 Å². The third-order valence-electron chi connectivity index (χ3n) is 3.40. The maximum absolute atomic E-state index is 12.2. The molecular formula is C16H18N2O3. The first kappa shape index (κ1) is 14.8. The molecule has 0 spiro atoms. The number of aryl methyl sites for hydroxylation is 2. The van der Waals surface area contributed by atoms with Crippen LogP contribution in [0.1, 0.15) is 11.1 Å². The Labute approximate surface area is 123 Å². The first-order chi connectivity index (χ1) is 9.88. The van der Waals surface area contributed by atoms with Crippen molar-refractivity contribution in [3.8, 4) is 5.75 Å². The Bertz CT molecular complexity index is 735. The largest absolute Gasteiger partial charge is 0.508 e. The predicted octanol–water partition coefficient (Wildman–Crippen LogP) is 1.83.